The van der Waals surface area contributed by atoms with Gasteiger partial charge in [0.15, 0.2) is 0 Å². The lowest BCUT2D eigenvalue weighted by molar-refractivity contribution is -0.137. The van der Waals surface area contributed by atoms with Crippen LogP contribution in [-0.2, 0) is 15.8 Å². The Morgan fingerprint density at radius 3 is 2.58 bits per heavy atom. The molecule has 13 heteroatoms. The van der Waals surface area contributed by atoms with Gasteiger partial charge in [0.25, 0.3) is 5.91 Å². The lowest BCUT2D eigenvalue weighted by atomic mass is 9.87. The molecule has 9 nitrogen and oxygen atoms in total. The van der Waals surface area contributed by atoms with Gasteiger partial charge in [-0.2, -0.15) is 13.2 Å². The van der Waals surface area contributed by atoms with Crippen molar-refractivity contribution in [2.75, 3.05) is 31.6 Å². The normalized spacial score (nSPS) is 19.1. The topological polar surface area (TPSA) is 120 Å². The number of piperidine rings is 1. The first-order chi connectivity index (χ1) is 15.6. The maximum absolute atomic E-state index is 14.0. The fourth-order valence-corrected chi connectivity index (χ4v) is 3.63. The molecule has 33 heavy (non-hydrogen) atoms. The van der Waals surface area contributed by atoms with Crippen LogP contribution in [0.2, 0.25) is 0 Å². The number of urea groups is 1. The van der Waals surface area contributed by atoms with Crippen molar-refractivity contribution in [2.24, 2.45) is 10.7 Å². The number of aliphatic imine (C=N–C) groups is 1. The Morgan fingerprint density at radius 1 is 1.27 bits per heavy atom. The Hall–Kier alpha value is -3.48. The van der Waals surface area contributed by atoms with Gasteiger partial charge in [0.05, 0.1) is 17.9 Å². The van der Waals surface area contributed by atoms with E-state index in [1.165, 1.54) is 6.20 Å². The predicted octanol–water partition coefficient (Wildman–Crippen LogP) is 1.67. The number of carbonyl (C=O) groups excluding carboxylic acids is 3. The van der Waals surface area contributed by atoms with E-state index in [2.05, 4.69) is 15.6 Å². The summed E-state index contributed by atoms with van der Waals surface area (Å²) in [5.74, 6) is -2.79. The molecule has 0 saturated carbocycles. The molecule has 0 radical (unpaired) electrons. The summed E-state index contributed by atoms with van der Waals surface area (Å²) in [6.45, 7) is 0.651. The van der Waals surface area contributed by atoms with Gasteiger partial charge in [-0.3, -0.25) is 24.4 Å². The zero-order chi connectivity index (χ0) is 24.2. The largest absolute Gasteiger partial charge is 0.416 e. The van der Waals surface area contributed by atoms with E-state index in [1.54, 1.807) is 12.3 Å². The van der Waals surface area contributed by atoms with Crippen LogP contribution in [0.25, 0.3) is 0 Å². The molecule has 2 aliphatic heterocycles. The van der Waals surface area contributed by atoms with Crippen molar-refractivity contribution in [3.63, 3.8) is 0 Å². The minimum absolute atomic E-state index is 0.252. The van der Waals surface area contributed by atoms with E-state index in [4.69, 9.17) is 5.73 Å². The Balaban J connectivity index is 1.59. The molecule has 2 fully saturated rings. The first-order valence-electron chi connectivity index (χ1n) is 9.95. The SMILES string of the molecule is N/C=C\C=N/CN1CCC2(CC1)NC(=O)N(CC(=O)Nc1ccc(C(F)(F)F)cc1F)C2=O. The molecular weight excluding hydrogens is 448 g/mol. The molecule has 0 unspecified atom stereocenters. The van der Waals surface area contributed by atoms with Crippen molar-refractivity contribution < 1.29 is 31.9 Å². The molecule has 4 N–H and O–H groups in total. The molecule has 2 saturated heterocycles. The molecule has 3 rings (SSSR count). The van der Waals surface area contributed by atoms with Gasteiger partial charge >= 0.3 is 12.2 Å². The van der Waals surface area contributed by atoms with Crippen molar-refractivity contribution in [2.45, 2.75) is 24.6 Å². The van der Waals surface area contributed by atoms with Crippen molar-refractivity contribution >= 4 is 29.7 Å². The van der Waals surface area contributed by atoms with Crippen LogP contribution in [0.3, 0.4) is 0 Å². The van der Waals surface area contributed by atoms with Crippen LogP contribution in [0.4, 0.5) is 28.0 Å². The number of carbonyl (C=O) groups is 3. The maximum Gasteiger partial charge on any atom is 0.416 e. The highest BCUT2D eigenvalue weighted by molar-refractivity contribution is 6.10. The van der Waals surface area contributed by atoms with Crippen LogP contribution in [0.5, 0.6) is 0 Å². The number of amides is 4. The second kappa shape index (κ2) is 9.57. The van der Waals surface area contributed by atoms with Gasteiger partial charge in [0.2, 0.25) is 5.91 Å². The number of rotatable bonds is 6. The number of benzene rings is 1. The predicted molar refractivity (Wildman–Crippen MR) is 111 cm³/mol. The first-order valence-corrected chi connectivity index (χ1v) is 9.95. The van der Waals surface area contributed by atoms with Gasteiger partial charge in [0, 0.05) is 19.3 Å². The standard InChI is InChI=1S/C20H22F4N6O3/c21-14-10-13(20(22,23)24)2-3-15(14)27-16(31)11-30-17(32)19(28-18(30)33)4-8-29(9-5-19)12-26-7-1-6-25/h1-3,6-7,10H,4-5,8-9,11-12,25H2,(H,27,31)(H,28,33)/b6-1-,26-7-. The molecule has 1 spiro atoms. The molecule has 0 aliphatic carbocycles. The molecule has 2 aliphatic rings. The maximum atomic E-state index is 14.0. The number of nitrogens with one attached hydrogen (secondary N) is 2. The summed E-state index contributed by atoms with van der Waals surface area (Å²) < 4.78 is 51.9. The first kappa shape index (κ1) is 24.2. The molecule has 4 amide bonds. The van der Waals surface area contributed by atoms with Crippen molar-refractivity contribution in [1.29, 1.82) is 0 Å². The molecular formula is C20H22F4N6O3. The summed E-state index contributed by atoms with van der Waals surface area (Å²) >= 11 is 0. The average Bonchev–Trinajstić information content (AvgIpc) is 2.97. The lowest BCUT2D eigenvalue weighted by Crippen LogP contribution is -2.55. The number of nitrogens with zero attached hydrogens (tertiary/aromatic N) is 3. The van der Waals surface area contributed by atoms with Gasteiger partial charge in [-0.15, -0.1) is 0 Å². The van der Waals surface area contributed by atoms with Crippen molar-refractivity contribution in [3.05, 3.63) is 41.9 Å². The van der Waals surface area contributed by atoms with Gasteiger partial charge < -0.3 is 16.4 Å². The summed E-state index contributed by atoms with van der Waals surface area (Å²) in [7, 11) is 0. The third kappa shape index (κ3) is 5.48. The van der Waals surface area contributed by atoms with E-state index in [0.29, 0.717) is 38.7 Å². The van der Waals surface area contributed by atoms with E-state index in [-0.39, 0.29) is 6.07 Å². The summed E-state index contributed by atoms with van der Waals surface area (Å²) in [5, 5.41) is 4.73. The minimum Gasteiger partial charge on any atom is -0.405 e. The number of allylic oxidation sites excluding steroid dienone is 1. The van der Waals surface area contributed by atoms with Crippen LogP contribution in [0.15, 0.2) is 35.5 Å². The van der Waals surface area contributed by atoms with E-state index in [1.807, 2.05) is 4.90 Å². The average molecular weight is 470 g/mol. The molecule has 0 bridgehead atoms. The number of hydrogen-bond donors (Lipinski definition) is 3. The molecule has 2 heterocycles. The zero-order valence-electron chi connectivity index (χ0n) is 17.4. The molecule has 1 aromatic rings. The van der Waals surface area contributed by atoms with Gasteiger partial charge in [0.1, 0.15) is 17.9 Å². The van der Waals surface area contributed by atoms with Crippen molar-refractivity contribution in [1.82, 2.24) is 15.1 Å². The number of likely N-dealkylation sites (tertiary alicyclic amines) is 1. The smallest absolute Gasteiger partial charge is 0.405 e. The Labute approximate surface area is 186 Å². The van der Waals surface area contributed by atoms with Crippen LogP contribution < -0.4 is 16.4 Å². The quantitative estimate of drug-likeness (QED) is 0.332. The third-order valence-corrected chi connectivity index (χ3v) is 5.41. The summed E-state index contributed by atoms with van der Waals surface area (Å²) in [5.41, 5.74) is 2.37. The van der Waals surface area contributed by atoms with Gasteiger partial charge in [-0.05, 0) is 43.3 Å². The number of anilines is 1. The second-order valence-electron chi connectivity index (χ2n) is 7.62. The van der Waals surface area contributed by atoms with E-state index in [0.717, 1.165) is 11.0 Å². The summed E-state index contributed by atoms with van der Waals surface area (Å²) in [6, 6.07) is 0.876. The number of hydrogen-bond acceptors (Lipinski definition) is 6. The fraction of sp³-hybridized carbons (Fsp3) is 0.400. The number of imide groups is 1. The fourth-order valence-electron chi connectivity index (χ4n) is 3.63. The third-order valence-electron chi connectivity index (χ3n) is 5.41. The van der Waals surface area contributed by atoms with Crippen LogP contribution in [0, 0.1) is 5.82 Å². The number of alkyl halides is 3. The second-order valence-corrected chi connectivity index (χ2v) is 7.62. The van der Waals surface area contributed by atoms with E-state index in [9.17, 15) is 31.9 Å². The Morgan fingerprint density at radius 2 is 1.97 bits per heavy atom. The number of nitrogens with two attached hydrogens (primary N) is 1. The van der Waals surface area contributed by atoms with Crippen molar-refractivity contribution in [3.8, 4) is 0 Å². The highest BCUT2D eigenvalue weighted by atomic mass is 19.4. The summed E-state index contributed by atoms with van der Waals surface area (Å²) in [6.07, 6.45) is 0.356. The monoisotopic (exact) mass is 470 g/mol. The Kier molecular flexibility index (Phi) is 7.01. The van der Waals surface area contributed by atoms with E-state index < -0.39 is 53.2 Å². The minimum atomic E-state index is -4.73. The van der Waals surface area contributed by atoms with Crippen LogP contribution in [0.1, 0.15) is 18.4 Å². The zero-order valence-corrected chi connectivity index (χ0v) is 17.4. The number of halogens is 4. The van der Waals surface area contributed by atoms with Crippen LogP contribution in [-0.4, -0.2) is 65.7 Å². The molecule has 0 atom stereocenters. The Bertz CT molecular complexity index is 987. The highest BCUT2D eigenvalue weighted by Crippen LogP contribution is 2.32. The van der Waals surface area contributed by atoms with Gasteiger partial charge in [-0.25, -0.2) is 9.18 Å². The summed E-state index contributed by atoms with van der Waals surface area (Å²) in [4.78, 5) is 44.4. The molecule has 0 aromatic heterocycles. The lowest BCUT2D eigenvalue weighted by Gasteiger charge is -2.36. The molecule has 1 aromatic carbocycles. The van der Waals surface area contributed by atoms with Gasteiger partial charge in [-0.1, -0.05) is 0 Å². The van der Waals surface area contributed by atoms with E-state index >= 15 is 0 Å². The molecule has 178 valence electrons. The highest BCUT2D eigenvalue weighted by Gasteiger charge is 2.52. The van der Waals surface area contributed by atoms with Crippen LogP contribution >= 0.6 is 0 Å².